The van der Waals surface area contributed by atoms with E-state index in [0.29, 0.717) is 36.4 Å². The highest BCUT2D eigenvalue weighted by atomic mass is 19.1. The third-order valence-corrected chi connectivity index (χ3v) is 3.24. The van der Waals surface area contributed by atoms with Crippen molar-refractivity contribution in [2.24, 2.45) is 5.92 Å². The van der Waals surface area contributed by atoms with Gasteiger partial charge in [0.1, 0.15) is 5.82 Å². The lowest BCUT2D eigenvalue weighted by molar-refractivity contribution is 0.0960. The Morgan fingerprint density at radius 1 is 1.18 bits per heavy atom. The molecule has 0 fully saturated rings. The van der Waals surface area contributed by atoms with Crippen molar-refractivity contribution in [2.75, 3.05) is 13.1 Å². The molecule has 0 spiro atoms. The topological polar surface area (TPSA) is 62.4 Å². The van der Waals surface area contributed by atoms with Gasteiger partial charge in [-0.1, -0.05) is 26.0 Å². The number of aromatic nitrogens is 2. The second kappa shape index (κ2) is 7.47. The van der Waals surface area contributed by atoms with Gasteiger partial charge in [0.05, 0.1) is 12.6 Å². The molecule has 1 N–H and O–H groups in total. The van der Waals surface area contributed by atoms with Crippen molar-refractivity contribution in [3.63, 3.8) is 0 Å². The van der Waals surface area contributed by atoms with E-state index in [1.54, 1.807) is 19.1 Å². The van der Waals surface area contributed by atoms with Crippen LogP contribution in [0.5, 0.6) is 0 Å². The Kier molecular flexibility index (Phi) is 5.63. The summed E-state index contributed by atoms with van der Waals surface area (Å²) in [6, 6.07) is 5.91. The van der Waals surface area contributed by atoms with Crippen LogP contribution < -0.4 is 0 Å². The number of nitrogens with zero attached hydrogens (tertiary/aromatic N) is 3. The normalized spacial score (nSPS) is 13.0. The van der Waals surface area contributed by atoms with Crippen molar-refractivity contribution in [1.82, 2.24) is 15.1 Å². The molecule has 0 saturated heterocycles. The Bertz CT molecular complexity index is 583. The number of aliphatic hydroxyl groups excluding tert-OH is 1. The van der Waals surface area contributed by atoms with E-state index in [-0.39, 0.29) is 5.82 Å². The first-order valence-electron chi connectivity index (χ1n) is 7.39. The minimum atomic E-state index is -0.691. The number of hydrogen-bond acceptors (Lipinski definition) is 5. The van der Waals surface area contributed by atoms with Crippen LogP contribution in [0.3, 0.4) is 0 Å². The largest absolute Gasteiger partial charge is 0.424 e. The monoisotopic (exact) mass is 307 g/mol. The summed E-state index contributed by atoms with van der Waals surface area (Å²) in [5, 5.41) is 18.2. The highest BCUT2D eigenvalue weighted by molar-refractivity contribution is 5.18. The second-order valence-electron chi connectivity index (χ2n) is 5.87. The van der Waals surface area contributed by atoms with Crippen LogP contribution in [0.25, 0.3) is 0 Å². The smallest absolute Gasteiger partial charge is 0.230 e. The maximum atomic E-state index is 13.0. The molecule has 0 aliphatic rings. The fraction of sp³-hybridized carbons (Fsp3) is 0.500. The third kappa shape index (κ3) is 4.89. The maximum absolute atomic E-state index is 13.0. The molecule has 0 bridgehead atoms. The summed E-state index contributed by atoms with van der Waals surface area (Å²) in [7, 11) is 0. The van der Waals surface area contributed by atoms with Gasteiger partial charge in [-0.3, -0.25) is 4.90 Å². The highest BCUT2D eigenvalue weighted by Crippen LogP contribution is 2.17. The lowest BCUT2D eigenvalue weighted by Crippen LogP contribution is -2.31. The van der Waals surface area contributed by atoms with Crippen molar-refractivity contribution in [3.8, 4) is 0 Å². The molecular weight excluding hydrogens is 285 g/mol. The van der Waals surface area contributed by atoms with Gasteiger partial charge in [0.25, 0.3) is 0 Å². The van der Waals surface area contributed by atoms with Crippen LogP contribution in [0.4, 0.5) is 4.39 Å². The van der Waals surface area contributed by atoms with E-state index in [2.05, 4.69) is 28.9 Å². The van der Waals surface area contributed by atoms with Gasteiger partial charge in [-0.25, -0.2) is 4.39 Å². The average Bonchev–Trinajstić information content (AvgIpc) is 2.84. The van der Waals surface area contributed by atoms with Gasteiger partial charge in [0.2, 0.25) is 11.8 Å². The molecule has 1 heterocycles. The fourth-order valence-electron chi connectivity index (χ4n) is 2.35. The van der Waals surface area contributed by atoms with E-state index < -0.39 is 6.10 Å². The molecule has 1 unspecified atom stereocenters. The molecule has 0 aliphatic carbocycles. The molecule has 22 heavy (non-hydrogen) atoms. The summed E-state index contributed by atoms with van der Waals surface area (Å²) in [4.78, 5) is 2.06. The molecule has 0 radical (unpaired) electrons. The van der Waals surface area contributed by atoms with Crippen LogP contribution in [0.1, 0.15) is 37.3 Å². The van der Waals surface area contributed by atoms with E-state index in [0.717, 1.165) is 6.54 Å². The zero-order chi connectivity index (χ0) is 16.1. The molecule has 0 aliphatic heterocycles. The summed E-state index contributed by atoms with van der Waals surface area (Å²) in [5.74, 6) is 1.18. The first kappa shape index (κ1) is 16.6. The minimum absolute atomic E-state index is 0.309. The van der Waals surface area contributed by atoms with Gasteiger partial charge in [0.15, 0.2) is 0 Å². The van der Waals surface area contributed by atoms with Gasteiger partial charge in [-0.2, -0.15) is 0 Å². The molecular formula is C16H22FN3O2. The standard InChI is InChI=1S/C16H22FN3O2/c1-11(2)8-20(10-16-19-18-12(3)22-16)9-15(21)13-4-6-14(17)7-5-13/h4-7,11,15,21H,8-10H2,1-3H3. The Labute approximate surface area is 129 Å². The number of aliphatic hydroxyl groups is 1. The Hall–Kier alpha value is -1.79. The van der Waals surface area contributed by atoms with Crippen molar-refractivity contribution < 1.29 is 13.9 Å². The van der Waals surface area contributed by atoms with Crippen LogP contribution in [-0.2, 0) is 6.54 Å². The number of benzene rings is 1. The van der Waals surface area contributed by atoms with Crippen LogP contribution in [0, 0.1) is 18.7 Å². The summed E-state index contributed by atoms with van der Waals surface area (Å²) in [6.45, 7) is 7.66. The predicted molar refractivity (Wildman–Crippen MR) is 80.5 cm³/mol. The summed E-state index contributed by atoms with van der Waals surface area (Å²) in [5.41, 5.74) is 0.692. The van der Waals surface area contributed by atoms with Crippen LogP contribution in [-0.4, -0.2) is 33.3 Å². The maximum Gasteiger partial charge on any atom is 0.230 e. The van der Waals surface area contributed by atoms with E-state index in [4.69, 9.17) is 4.42 Å². The van der Waals surface area contributed by atoms with E-state index in [1.165, 1.54) is 12.1 Å². The number of hydrogen-bond donors (Lipinski definition) is 1. The Morgan fingerprint density at radius 2 is 1.86 bits per heavy atom. The molecule has 2 rings (SSSR count). The molecule has 1 aromatic carbocycles. The van der Waals surface area contributed by atoms with E-state index in [9.17, 15) is 9.50 Å². The lowest BCUT2D eigenvalue weighted by atomic mass is 10.1. The first-order chi connectivity index (χ1) is 10.4. The highest BCUT2D eigenvalue weighted by Gasteiger charge is 2.17. The average molecular weight is 307 g/mol. The van der Waals surface area contributed by atoms with Gasteiger partial charge >= 0.3 is 0 Å². The fourth-order valence-corrected chi connectivity index (χ4v) is 2.35. The Morgan fingerprint density at radius 3 is 2.41 bits per heavy atom. The van der Waals surface area contributed by atoms with E-state index >= 15 is 0 Å². The first-order valence-corrected chi connectivity index (χ1v) is 7.39. The van der Waals surface area contributed by atoms with Crippen LogP contribution in [0.2, 0.25) is 0 Å². The van der Waals surface area contributed by atoms with Crippen molar-refractivity contribution in [3.05, 3.63) is 47.4 Å². The summed E-state index contributed by atoms with van der Waals surface area (Å²) in [6.07, 6.45) is -0.691. The Balaban J connectivity index is 2.03. The molecule has 1 aromatic heterocycles. The molecule has 0 saturated carbocycles. The van der Waals surface area contributed by atoms with Gasteiger partial charge in [-0.05, 0) is 23.6 Å². The summed E-state index contributed by atoms with van der Waals surface area (Å²) < 4.78 is 18.4. The van der Waals surface area contributed by atoms with Crippen LogP contribution in [0.15, 0.2) is 28.7 Å². The second-order valence-corrected chi connectivity index (χ2v) is 5.87. The predicted octanol–water partition coefficient (Wildman–Crippen LogP) is 2.71. The number of rotatable bonds is 7. The zero-order valence-electron chi connectivity index (χ0n) is 13.2. The lowest BCUT2D eigenvalue weighted by Gasteiger charge is -2.25. The molecule has 6 heteroatoms. The summed E-state index contributed by atoms with van der Waals surface area (Å²) >= 11 is 0. The van der Waals surface area contributed by atoms with Gasteiger partial charge < -0.3 is 9.52 Å². The number of aryl methyl sites for hydroxylation is 1. The zero-order valence-corrected chi connectivity index (χ0v) is 13.2. The van der Waals surface area contributed by atoms with Crippen LogP contribution >= 0.6 is 0 Å². The SMILES string of the molecule is Cc1nnc(CN(CC(C)C)CC(O)c2ccc(F)cc2)o1. The third-order valence-electron chi connectivity index (χ3n) is 3.24. The van der Waals surface area contributed by atoms with E-state index in [1.807, 2.05) is 0 Å². The molecule has 120 valence electrons. The quantitative estimate of drug-likeness (QED) is 0.852. The van der Waals surface area contributed by atoms with Crippen molar-refractivity contribution in [1.29, 1.82) is 0 Å². The van der Waals surface area contributed by atoms with Crippen molar-refractivity contribution >= 4 is 0 Å². The van der Waals surface area contributed by atoms with Crippen molar-refractivity contribution in [2.45, 2.75) is 33.4 Å². The molecule has 1 atom stereocenters. The number of halogens is 1. The van der Waals surface area contributed by atoms with Gasteiger partial charge in [-0.15, -0.1) is 10.2 Å². The molecule has 0 amide bonds. The molecule has 5 nitrogen and oxygen atoms in total. The van der Waals surface area contributed by atoms with Gasteiger partial charge in [0, 0.05) is 20.0 Å². The minimum Gasteiger partial charge on any atom is -0.424 e. The molecule has 2 aromatic rings.